The van der Waals surface area contributed by atoms with Crippen LogP contribution in [0.1, 0.15) is 22.4 Å². The Balaban J connectivity index is 2.02. The van der Waals surface area contributed by atoms with Crippen LogP contribution in [0.25, 0.3) is 10.9 Å². The van der Waals surface area contributed by atoms with Crippen molar-refractivity contribution in [3.8, 4) is 0 Å². The first-order chi connectivity index (χ1) is 11.1. The van der Waals surface area contributed by atoms with E-state index in [9.17, 15) is 9.90 Å². The van der Waals surface area contributed by atoms with Gasteiger partial charge in [0.15, 0.2) is 0 Å². The number of aliphatic carboxylic acids is 1. The van der Waals surface area contributed by atoms with Crippen LogP contribution in [0.15, 0.2) is 48.5 Å². The zero-order valence-electron chi connectivity index (χ0n) is 13.5. The Kier molecular flexibility index (Phi) is 4.20. The van der Waals surface area contributed by atoms with Gasteiger partial charge in [0, 0.05) is 23.1 Å². The Morgan fingerprint density at radius 1 is 1.09 bits per heavy atom. The van der Waals surface area contributed by atoms with E-state index in [2.05, 4.69) is 54.0 Å². The third-order valence-corrected chi connectivity index (χ3v) is 4.41. The van der Waals surface area contributed by atoms with Crippen LogP contribution in [0.4, 0.5) is 0 Å². The Bertz CT molecular complexity index is 847. The van der Waals surface area contributed by atoms with Crippen LogP contribution in [0, 0.1) is 13.8 Å². The molecule has 1 aromatic heterocycles. The highest BCUT2D eigenvalue weighted by atomic mass is 16.4. The molecule has 0 saturated heterocycles. The number of nitrogens with zero attached hydrogens (tertiary/aromatic N) is 1. The molecule has 0 aliphatic carbocycles. The van der Waals surface area contributed by atoms with E-state index in [0.29, 0.717) is 0 Å². The second-order valence-electron chi connectivity index (χ2n) is 6.04. The largest absolute Gasteiger partial charge is 0.481 e. The van der Waals surface area contributed by atoms with Gasteiger partial charge >= 0.3 is 5.97 Å². The highest BCUT2D eigenvalue weighted by Gasteiger charge is 2.16. The molecule has 118 valence electrons. The smallest absolute Gasteiger partial charge is 0.307 e. The molecular weight excluding hydrogens is 286 g/mol. The molecule has 0 spiro atoms. The van der Waals surface area contributed by atoms with Gasteiger partial charge in [0.25, 0.3) is 0 Å². The standard InChI is InChI=1S/C20H21NO2/c1-14-8-9-17-18(13-20(22)23)15(2)21(19(17)12-14)11-10-16-6-4-3-5-7-16/h3-9,12H,10-11,13H2,1-2H3,(H,22,23). The predicted octanol–water partition coefficient (Wildman–Crippen LogP) is 4.13. The van der Waals surface area contributed by atoms with E-state index in [1.807, 2.05) is 13.0 Å². The van der Waals surface area contributed by atoms with E-state index in [-0.39, 0.29) is 6.42 Å². The second-order valence-corrected chi connectivity index (χ2v) is 6.04. The lowest BCUT2D eigenvalue weighted by Crippen LogP contribution is -2.06. The number of hydrogen-bond acceptors (Lipinski definition) is 1. The maximum atomic E-state index is 11.2. The fraction of sp³-hybridized carbons (Fsp3) is 0.250. The summed E-state index contributed by atoms with van der Waals surface area (Å²) in [6.07, 6.45) is 1.01. The van der Waals surface area contributed by atoms with Crippen LogP contribution < -0.4 is 0 Å². The maximum Gasteiger partial charge on any atom is 0.307 e. The minimum absolute atomic E-state index is 0.0731. The number of fused-ring (bicyclic) bond motifs is 1. The maximum absolute atomic E-state index is 11.2. The van der Waals surface area contributed by atoms with E-state index < -0.39 is 5.97 Å². The zero-order valence-corrected chi connectivity index (χ0v) is 13.5. The molecule has 3 rings (SSSR count). The van der Waals surface area contributed by atoms with E-state index in [0.717, 1.165) is 35.1 Å². The molecule has 1 heterocycles. The van der Waals surface area contributed by atoms with Crippen molar-refractivity contribution >= 4 is 16.9 Å². The van der Waals surface area contributed by atoms with Gasteiger partial charge < -0.3 is 9.67 Å². The molecule has 3 aromatic rings. The van der Waals surface area contributed by atoms with Crippen molar-refractivity contribution in [3.05, 3.63) is 70.9 Å². The number of rotatable bonds is 5. The van der Waals surface area contributed by atoms with Crippen LogP contribution in [0.3, 0.4) is 0 Å². The summed E-state index contributed by atoms with van der Waals surface area (Å²) in [7, 11) is 0. The first-order valence-electron chi connectivity index (χ1n) is 7.90. The summed E-state index contributed by atoms with van der Waals surface area (Å²) in [5, 5.41) is 10.3. The van der Waals surface area contributed by atoms with Gasteiger partial charge in [-0.25, -0.2) is 0 Å². The Hall–Kier alpha value is -2.55. The average molecular weight is 307 g/mol. The summed E-state index contributed by atoms with van der Waals surface area (Å²) >= 11 is 0. The van der Waals surface area contributed by atoms with E-state index in [4.69, 9.17) is 0 Å². The van der Waals surface area contributed by atoms with Crippen molar-refractivity contribution < 1.29 is 9.90 Å². The number of hydrogen-bond donors (Lipinski definition) is 1. The number of aryl methyl sites for hydroxylation is 3. The Labute approximate surface area is 136 Å². The summed E-state index contributed by atoms with van der Waals surface area (Å²) < 4.78 is 2.26. The first-order valence-corrected chi connectivity index (χ1v) is 7.90. The summed E-state index contributed by atoms with van der Waals surface area (Å²) in [5.74, 6) is -0.782. The summed E-state index contributed by atoms with van der Waals surface area (Å²) in [6.45, 7) is 4.95. The van der Waals surface area contributed by atoms with Crippen molar-refractivity contribution in [3.63, 3.8) is 0 Å². The van der Waals surface area contributed by atoms with Crippen molar-refractivity contribution in [1.82, 2.24) is 4.57 Å². The number of carboxylic acids is 1. The highest BCUT2D eigenvalue weighted by molar-refractivity contribution is 5.89. The molecule has 0 amide bonds. The third kappa shape index (κ3) is 3.14. The summed E-state index contributed by atoms with van der Waals surface area (Å²) in [4.78, 5) is 11.2. The first kappa shape index (κ1) is 15.3. The molecule has 2 aromatic carbocycles. The SMILES string of the molecule is Cc1ccc2c(CC(=O)O)c(C)n(CCc3ccccc3)c2c1. The molecule has 0 radical (unpaired) electrons. The minimum atomic E-state index is -0.782. The highest BCUT2D eigenvalue weighted by Crippen LogP contribution is 2.27. The molecule has 3 heteroatoms. The van der Waals surface area contributed by atoms with Gasteiger partial charge in [0.05, 0.1) is 6.42 Å². The zero-order chi connectivity index (χ0) is 16.4. The molecule has 0 fully saturated rings. The molecule has 23 heavy (non-hydrogen) atoms. The van der Waals surface area contributed by atoms with Crippen LogP contribution in [-0.4, -0.2) is 15.6 Å². The topological polar surface area (TPSA) is 42.2 Å². The van der Waals surface area contributed by atoms with Crippen molar-refractivity contribution in [2.45, 2.75) is 33.2 Å². The molecule has 0 aliphatic rings. The number of aromatic nitrogens is 1. The third-order valence-electron chi connectivity index (χ3n) is 4.41. The lowest BCUT2D eigenvalue weighted by Gasteiger charge is -2.09. The fourth-order valence-corrected chi connectivity index (χ4v) is 3.21. The van der Waals surface area contributed by atoms with Gasteiger partial charge in [-0.1, -0.05) is 42.5 Å². The van der Waals surface area contributed by atoms with Gasteiger partial charge in [-0.15, -0.1) is 0 Å². The van der Waals surface area contributed by atoms with Crippen LogP contribution in [0.5, 0.6) is 0 Å². The Morgan fingerprint density at radius 2 is 1.83 bits per heavy atom. The molecule has 1 N–H and O–H groups in total. The average Bonchev–Trinajstić information content (AvgIpc) is 2.77. The van der Waals surface area contributed by atoms with Crippen LogP contribution in [-0.2, 0) is 24.2 Å². The molecule has 0 bridgehead atoms. The van der Waals surface area contributed by atoms with Gasteiger partial charge in [-0.2, -0.15) is 0 Å². The van der Waals surface area contributed by atoms with Crippen LogP contribution >= 0.6 is 0 Å². The fourth-order valence-electron chi connectivity index (χ4n) is 3.21. The number of carboxylic acid groups (broad SMARTS) is 1. The molecule has 0 atom stereocenters. The summed E-state index contributed by atoms with van der Waals surface area (Å²) in [6, 6.07) is 16.6. The van der Waals surface area contributed by atoms with Gasteiger partial charge in [0.1, 0.15) is 0 Å². The van der Waals surface area contributed by atoms with Crippen molar-refractivity contribution in [1.29, 1.82) is 0 Å². The Morgan fingerprint density at radius 3 is 2.52 bits per heavy atom. The van der Waals surface area contributed by atoms with Gasteiger partial charge in [-0.05, 0) is 43.0 Å². The van der Waals surface area contributed by atoms with E-state index >= 15 is 0 Å². The normalized spacial score (nSPS) is 11.0. The molecule has 0 aliphatic heterocycles. The quantitative estimate of drug-likeness (QED) is 0.770. The van der Waals surface area contributed by atoms with Crippen molar-refractivity contribution in [2.75, 3.05) is 0 Å². The molecule has 3 nitrogen and oxygen atoms in total. The molecule has 0 saturated carbocycles. The van der Waals surface area contributed by atoms with E-state index in [1.54, 1.807) is 0 Å². The minimum Gasteiger partial charge on any atom is -0.481 e. The van der Waals surface area contributed by atoms with Gasteiger partial charge in [-0.3, -0.25) is 4.79 Å². The predicted molar refractivity (Wildman–Crippen MR) is 92.9 cm³/mol. The molecule has 0 unspecified atom stereocenters. The number of carbonyl (C=O) groups is 1. The second kappa shape index (κ2) is 6.29. The molecular formula is C20H21NO2. The summed E-state index contributed by atoms with van der Waals surface area (Å²) in [5.41, 5.74) is 5.61. The van der Waals surface area contributed by atoms with Crippen molar-refractivity contribution in [2.24, 2.45) is 0 Å². The van der Waals surface area contributed by atoms with Crippen LogP contribution in [0.2, 0.25) is 0 Å². The van der Waals surface area contributed by atoms with Gasteiger partial charge in [0.2, 0.25) is 0 Å². The lowest BCUT2D eigenvalue weighted by atomic mass is 10.1. The van der Waals surface area contributed by atoms with E-state index in [1.165, 1.54) is 11.1 Å². The monoisotopic (exact) mass is 307 g/mol. The lowest BCUT2D eigenvalue weighted by molar-refractivity contribution is -0.136. The number of benzene rings is 2.